The zero-order valence-electron chi connectivity index (χ0n) is 15.6. The molecule has 1 fully saturated rings. The van der Waals surface area contributed by atoms with Gasteiger partial charge in [0, 0.05) is 31.0 Å². The van der Waals surface area contributed by atoms with Crippen molar-refractivity contribution in [2.45, 2.75) is 38.3 Å². The number of hydrogen-bond donors (Lipinski definition) is 1. The van der Waals surface area contributed by atoms with Gasteiger partial charge >= 0.3 is 0 Å². The van der Waals surface area contributed by atoms with Crippen molar-refractivity contribution in [3.05, 3.63) is 40.8 Å². The highest BCUT2D eigenvalue weighted by atomic mass is 16.5. The standard InChI is InChI=1S/C20H24N4O3/c1-3-16(19(25)21-11-13-7-6-10-27-13)24-17-9-5-4-8-14(17)15-12-22-23(2)20(26)18(15)24/h4-5,8-9,12-13,16H,3,6-7,10-11H2,1-2H3,(H,21,25)/t13-,16-/m1/s1. The molecule has 3 heterocycles. The molecule has 1 amide bonds. The third-order valence-electron chi connectivity index (χ3n) is 5.34. The predicted octanol–water partition coefficient (Wildman–Crippen LogP) is 2.13. The molecule has 27 heavy (non-hydrogen) atoms. The van der Waals surface area contributed by atoms with Crippen molar-refractivity contribution in [1.29, 1.82) is 0 Å². The molecular formula is C20H24N4O3. The molecule has 0 saturated carbocycles. The fourth-order valence-corrected chi connectivity index (χ4v) is 3.93. The van der Waals surface area contributed by atoms with E-state index >= 15 is 0 Å². The average Bonchev–Trinajstić information content (AvgIpc) is 3.31. The summed E-state index contributed by atoms with van der Waals surface area (Å²) in [7, 11) is 1.63. The lowest BCUT2D eigenvalue weighted by molar-refractivity contribution is -0.124. The van der Waals surface area contributed by atoms with E-state index in [-0.39, 0.29) is 17.6 Å². The SMILES string of the molecule is CC[C@H](C(=O)NC[C@H]1CCCO1)n1c2ccccc2c2cnn(C)c(=O)c21. The number of nitrogens with zero attached hydrogens (tertiary/aromatic N) is 3. The molecule has 7 nitrogen and oxygen atoms in total. The Bertz CT molecular complexity index is 1050. The van der Waals surface area contributed by atoms with Crippen molar-refractivity contribution in [3.8, 4) is 0 Å². The summed E-state index contributed by atoms with van der Waals surface area (Å²) in [4.78, 5) is 25.9. The molecule has 142 valence electrons. The molecule has 0 aliphatic carbocycles. The Morgan fingerprint density at radius 2 is 2.19 bits per heavy atom. The average molecular weight is 368 g/mol. The molecule has 0 unspecified atom stereocenters. The van der Waals surface area contributed by atoms with Crippen LogP contribution in [0.5, 0.6) is 0 Å². The number of para-hydroxylation sites is 1. The lowest BCUT2D eigenvalue weighted by Crippen LogP contribution is -2.37. The smallest absolute Gasteiger partial charge is 0.291 e. The van der Waals surface area contributed by atoms with Gasteiger partial charge in [-0.1, -0.05) is 25.1 Å². The molecule has 1 saturated heterocycles. The van der Waals surface area contributed by atoms with Crippen molar-refractivity contribution < 1.29 is 9.53 Å². The Morgan fingerprint density at radius 1 is 1.37 bits per heavy atom. The van der Waals surface area contributed by atoms with Crippen LogP contribution in [0.15, 0.2) is 35.3 Å². The highest BCUT2D eigenvalue weighted by Crippen LogP contribution is 2.30. The highest BCUT2D eigenvalue weighted by molar-refractivity contribution is 6.08. The van der Waals surface area contributed by atoms with Crippen molar-refractivity contribution >= 4 is 27.7 Å². The van der Waals surface area contributed by atoms with Crippen LogP contribution in [0.25, 0.3) is 21.8 Å². The number of nitrogens with one attached hydrogen (secondary N) is 1. The molecule has 0 radical (unpaired) electrons. The number of rotatable bonds is 5. The Balaban J connectivity index is 1.80. The zero-order chi connectivity index (χ0) is 19.0. The molecule has 0 bridgehead atoms. The van der Waals surface area contributed by atoms with Crippen LogP contribution in [0.3, 0.4) is 0 Å². The van der Waals surface area contributed by atoms with E-state index in [0.29, 0.717) is 18.5 Å². The van der Waals surface area contributed by atoms with Crippen LogP contribution in [-0.2, 0) is 16.6 Å². The van der Waals surface area contributed by atoms with Crippen LogP contribution in [0.4, 0.5) is 0 Å². The second kappa shape index (κ2) is 7.15. The molecule has 0 spiro atoms. The quantitative estimate of drug-likeness (QED) is 0.748. The lowest BCUT2D eigenvalue weighted by atomic mass is 10.1. The molecule has 7 heteroatoms. The minimum atomic E-state index is -0.469. The third kappa shape index (κ3) is 3.02. The summed E-state index contributed by atoms with van der Waals surface area (Å²) >= 11 is 0. The normalized spacial score (nSPS) is 18.2. The fourth-order valence-electron chi connectivity index (χ4n) is 3.93. The Labute approximate surface area is 156 Å². The van der Waals surface area contributed by atoms with E-state index in [1.807, 2.05) is 35.8 Å². The van der Waals surface area contributed by atoms with Gasteiger partial charge in [-0.05, 0) is 25.3 Å². The molecule has 1 aliphatic heterocycles. The molecule has 1 N–H and O–H groups in total. The molecule has 1 aromatic carbocycles. The van der Waals surface area contributed by atoms with Gasteiger partial charge in [-0.3, -0.25) is 9.59 Å². The van der Waals surface area contributed by atoms with Crippen LogP contribution in [0.1, 0.15) is 32.2 Å². The summed E-state index contributed by atoms with van der Waals surface area (Å²) in [5, 5.41) is 8.89. The molecule has 1 aliphatic rings. The summed E-state index contributed by atoms with van der Waals surface area (Å²) in [5.41, 5.74) is 1.19. The van der Waals surface area contributed by atoms with Crippen molar-refractivity contribution in [2.24, 2.45) is 7.05 Å². The van der Waals surface area contributed by atoms with Crippen LogP contribution in [-0.4, -0.2) is 39.5 Å². The molecule has 2 aromatic heterocycles. The van der Waals surface area contributed by atoms with Gasteiger partial charge in [-0.2, -0.15) is 5.10 Å². The first-order valence-corrected chi connectivity index (χ1v) is 9.46. The predicted molar refractivity (Wildman–Crippen MR) is 104 cm³/mol. The summed E-state index contributed by atoms with van der Waals surface area (Å²) in [6.45, 7) is 3.22. The van der Waals surface area contributed by atoms with E-state index in [0.717, 1.165) is 35.7 Å². The largest absolute Gasteiger partial charge is 0.376 e. The summed E-state index contributed by atoms with van der Waals surface area (Å²) in [5.74, 6) is -0.0884. The lowest BCUT2D eigenvalue weighted by Gasteiger charge is -2.20. The van der Waals surface area contributed by atoms with Crippen molar-refractivity contribution in [3.63, 3.8) is 0 Å². The first kappa shape index (κ1) is 17.7. The number of ether oxygens (including phenoxy) is 1. The van der Waals surface area contributed by atoms with Crippen LogP contribution in [0, 0.1) is 0 Å². The van der Waals surface area contributed by atoms with E-state index in [2.05, 4.69) is 10.4 Å². The van der Waals surface area contributed by atoms with Crippen LogP contribution in [0.2, 0.25) is 0 Å². The molecule has 2 atom stereocenters. The summed E-state index contributed by atoms with van der Waals surface area (Å²) in [6.07, 6.45) is 4.37. The monoisotopic (exact) mass is 368 g/mol. The topological polar surface area (TPSA) is 78.2 Å². The molecule has 4 rings (SSSR count). The van der Waals surface area contributed by atoms with Crippen LogP contribution < -0.4 is 10.9 Å². The Hall–Kier alpha value is -2.67. The van der Waals surface area contributed by atoms with Gasteiger partial charge in [0.05, 0.1) is 17.8 Å². The van der Waals surface area contributed by atoms with E-state index < -0.39 is 6.04 Å². The van der Waals surface area contributed by atoms with Gasteiger partial charge in [0.1, 0.15) is 11.6 Å². The van der Waals surface area contributed by atoms with Crippen molar-refractivity contribution in [1.82, 2.24) is 19.7 Å². The maximum Gasteiger partial charge on any atom is 0.291 e. The maximum absolute atomic E-state index is 13.0. The summed E-state index contributed by atoms with van der Waals surface area (Å²) in [6, 6.07) is 7.30. The first-order valence-electron chi connectivity index (χ1n) is 9.46. The van der Waals surface area contributed by atoms with E-state index in [4.69, 9.17) is 4.74 Å². The van der Waals surface area contributed by atoms with Gasteiger partial charge in [0.25, 0.3) is 5.56 Å². The van der Waals surface area contributed by atoms with Gasteiger partial charge in [0.2, 0.25) is 5.91 Å². The van der Waals surface area contributed by atoms with Crippen LogP contribution >= 0.6 is 0 Å². The number of carbonyl (C=O) groups excluding carboxylic acids is 1. The van der Waals surface area contributed by atoms with E-state index in [1.165, 1.54) is 4.68 Å². The first-order chi connectivity index (χ1) is 13.1. The Kier molecular flexibility index (Phi) is 4.70. The summed E-state index contributed by atoms with van der Waals surface area (Å²) < 4.78 is 8.79. The Morgan fingerprint density at radius 3 is 2.93 bits per heavy atom. The second-order valence-corrected chi connectivity index (χ2v) is 7.03. The number of carbonyl (C=O) groups is 1. The number of hydrogen-bond acceptors (Lipinski definition) is 4. The second-order valence-electron chi connectivity index (χ2n) is 7.03. The van der Waals surface area contributed by atoms with Gasteiger partial charge in [-0.25, -0.2) is 4.68 Å². The minimum Gasteiger partial charge on any atom is -0.376 e. The molecule has 3 aromatic rings. The van der Waals surface area contributed by atoms with E-state index in [1.54, 1.807) is 13.2 Å². The molecular weight excluding hydrogens is 344 g/mol. The minimum absolute atomic E-state index is 0.0849. The number of fused-ring (bicyclic) bond motifs is 3. The maximum atomic E-state index is 13.0. The number of benzene rings is 1. The highest BCUT2D eigenvalue weighted by Gasteiger charge is 2.26. The van der Waals surface area contributed by atoms with Gasteiger partial charge in [-0.15, -0.1) is 0 Å². The number of aryl methyl sites for hydroxylation is 1. The fraction of sp³-hybridized carbons (Fsp3) is 0.450. The van der Waals surface area contributed by atoms with E-state index in [9.17, 15) is 9.59 Å². The van der Waals surface area contributed by atoms with Crippen molar-refractivity contribution in [2.75, 3.05) is 13.2 Å². The van der Waals surface area contributed by atoms with Gasteiger partial charge < -0.3 is 14.6 Å². The number of aromatic nitrogens is 3. The zero-order valence-corrected chi connectivity index (χ0v) is 15.6. The van der Waals surface area contributed by atoms with Gasteiger partial charge in [0.15, 0.2) is 0 Å². The number of amides is 1. The third-order valence-corrected chi connectivity index (χ3v) is 5.34.